The molecule has 0 aromatic carbocycles. The van der Waals surface area contributed by atoms with Crippen LogP contribution in [0.15, 0.2) is 21.3 Å². The first kappa shape index (κ1) is 11.9. The zero-order valence-corrected chi connectivity index (χ0v) is 11.3. The minimum absolute atomic E-state index is 0.705. The largest absolute Gasteiger partial charge is 0.338 e. The van der Waals surface area contributed by atoms with Gasteiger partial charge in [-0.1, -0.05) is 12.1 Å². The second-order valence-electron chi connectivity index (χ2n) is 5.01. The maximum atomic E-state index is 5.33. The fraction of sp³-hybridized carbons (Fsp3) is 0.538. The molecule has 1 fully saturated rings. The molecular weight excluding hydrogens is 246 g/mol. The lowest BCUT2D eigenvalue weighted by atomic mass is 10.0. The van der Waals surface area contributed by atoms with E-state index in [-0.39, 0.29) is 0 Å². The van der Waals surface area contributed by atoms with Crippen LogP contribution < -0.4 is 0 Å². The summed E-state index contributed by atoms with van der Waals surface area (Å²) >= 11 is 1.65. The van der Waals surface area contributed by atoms with Gasteiger partial charge in [-0.05, 0) is 36.8 Å². The molecule has 3 heterocycles. The molecule has 4 nitrogen and oxygen atoms in total. The lowest BCUT2D eigenvalue weighted by Crippen LogP contribution is -2.33. The van der Waals surface area contributed by atoms with Crippen molar-refractivity contribution in [3.05, 3.63) is 22.7 Å². The van der Waals surface area contributed by atoms with Gasteiger partial charge in [0.25, 0.3) is 0 Å². The SMILES string of the molecule is CC1CCCN(Cc2nc(-c3ccsc3)no2)C1. The first-order chi connectivity index (χ1) is 8.81. The molecule has 18 heavy (non-hydrogen) atoms. The number of rotatable bonds is 3. The number of nitrogens with zero attached hydrogens (tertiary/aromatic N) is 3. The molecule has 5 heteroatoms. The van der Waals surface area contributed by atoms with Crippen LogP contribution in [0.4, 0.5) is 0 Å². The normalized spacial score (nSPS) is 21.3. The van der Waals surface area contributed by atoms with E-state index >= 15 is 0 Å². The maximum absolute atomic E-state index is 5.33. The molecule has 3 rings (SSSR count). The van der Waals surface area contributed by atoms with Gasteiger partial charge in [-0.25, -0.2) is 0 Å². The van der Waals surface area contributed by atoms with Crippen LogP contribution in [0.25, 0.3) is 11.4 Å². The Morgan fingerprint density at radius 1 is 1.56 bits per heavy atom. The van der Waals surface area contributed by atoms with Gasteiger partial charge in [-0.2, -0.15) is 16.3 Å². The third-order valence-corrected chi connectivity index (χ3v) is 4.03. The van der Waals surface area contributed by atoms with Gasteiger partial charge in [0.15, 0.2) is 0 Å². The van der Waals surface area contributed by atoms with Crippen LogP contribution in [0.1, 0.15) is 25.7 Å². The molecule has 0 amide bonds. The molecule has 0 bridgehead atoms. The number of hydrogen-bond donors (Lipinski definition) is 0. The summed E-state index contributed by atoms with van der Waals surface area (Å²) in [6.45, 7) is 5.36. The van der Waals surface area contributed by atoms with Gasteiger partial charge in [0.2, 0.25) is 11.7 Å². The minimum atomic E-state index is 0.705. The highest BCUT2D eigenvalue weighted by Crippen LogP contribution is 2.21. The summed E-state index contributed by atoms with van der Waals surface area (Å²) in [4.78, 5) is 6.86. The molecular formula is C13H17N3OS. The predicted molar refractivity (Wildman–Crippen MR) is 71.3 cm³/mol. The van der Waals surface area contributed by atoms with Crippen LogP contribution >= 0.6 is 11.3 Å². The van der Waals surface area contributed by atoms with E-state index in [2.05, 4.69) is 22.0 Å². The second-order valence-corrected chi connectivity index (χ2v) is 5.79. The van der Waals surface area contributed by atoms with Crippen molar-refractivity contribution < 1.29 is 4.52 Å². The third kappa shape index (κ3) is 2.62. The first-order valence-corrected chi connectivity index (χ1v) is 7.33. The van der Waals surface area contributed by atoms with Crippen molar-refractivity contribution in [2.45, 2.75) is 26.3 Å². The van der Waals surface area contributed by atoms with Crippen molar-refractivity contribution in [1.82, 2.24) is 15.0 Å². The summed E-state index contributed by atoms with van der Waals surface area (Å²) in [5.74, 6) is 2.21. The fourth-order valence-electron chi connectivity index (χ4n) is 2.45. The summed E-state index contributed by atoms with van der Waals surface area (Å²) in [6.07, 6.45) is 2.60. The Hall–Kier alpha value is -1.20. The second kappa shape index (κ2) is 5.20. The summed E-state index contributed by atoms with van der Waals surface area (Å²) in [7, 11) is 0. The Morgan fingerprint density at radius 3 is 3.28 bits per heavy atom. The van der Waals surface area contributed by atoms with E-state index in [1.54, 1.807) is 11.3 Å². The van der Waals surface area contributed by atoms with E-state index in [9.17, 15) is 0 Å². The Kier molecular flexibility index (Phi) is 3.43. The summed E-state index contributed by atoms with van der Waals surface area (Å²) in [5, 5.41) is 8.10. The molecule has 2 aromatic rings. The van der Waals surface area contributed by atoms with Crippen molar-refractivity contribution in [2.24, 2.45) is 5.92 Å². The van der Waals surface area contributed by atoms with Gasteiger partial charge in [0.1, 0.15) is 0 Å². The molecule has 0 aliphatic carbocycles. The van der Waals surface area contributed by atoms with Crippen molar-refractivity contribution >= 4 is 11.3 Å². The minimum Gasteiger partial charge on any atom is -0.338 e. The highest BCUT2D eigenvalue weighted by Gasteiger charge is 2.19. The number of likely N-dealkylation sites (tertiary alicyclic amines) is 1. The molecule has 0 radical (unpaired) electrons. The molecule has 1 aliphatic heterocycles. The van der Waals surface area contributed by atoms with Gasteiger partial charge >= 0.3 is 0 Å². The van der Waals surface area contributed by atoms with Crippen molar-refractivity contribution in [3.8, 4) is 11.4 Å². The summed E-state index contributed by atoms with van der Waals surface area (Å²) < 4.78 is 5.33. The van der Waals surface area contributed by atoms with Gasteiger partial charge in [-0.15, -0.1) is 0 Å². The van der Waals surface area contributed by atoms with E-state index in [1.165, 1.54) is 12.8 Å². The van der Waals surface area contributed by atoms with E-state index in [4.69, 9.17) is 4.52 Å². The predicted octanol–water partition coefficient (Wildman–Crippen LogP) is 3.03. The molecule has 0 spiro atoms. The lowest BCUT2D eigenvalue weighted by Gasteiger charge is -2.29. The Labute approximate surface area is 111 Å². The highest BCUT2D eigenvalue weighted by atomic mass is 32.1. The van der Waals surface area contributed by atoms with E-state index in [0.29, 0.717) is 5.82 Å². The molecule has 1 aliphatic rings. The summed E-state index contributed by atoms with van der Waals surface area (Å²) in [5.41, 5.74) is 1.04. The van der Waals surface area contributed by atoms with Gasteiger partial charge < -0.3 is 4.52 Å². The van der Waals surface area contributed by atoms with Crippen LogP contribution in [-0.2, 0) is 6.54 Å². The number of hydrogen-bond acceptors (Lipinski definition) is 5. The zero-order chi connectivity index (χ0) is 12.4. The topological polar surface area (TPSA) is 42.2 Å². The van der Waals surface area contributed by atoms with Crippen molar-refractivity contribution in [3.63, 3.8) is 0 Å². The summed E-state index contributed by atoms with van der Waals surface area (Å²) in [6, 6.07) is 2.02. The van der Waals surface area contributed by atoms with Crippen LogP contribution in [0, 0.1) is 5.92 Å². The number of piperidine rings is 1. The Morgan fingerprint density at radius 2 is 2.50 bits per heavy atom. The molecule has 0 N–H and O–H groups in total. The van der Waals surface area contributed by atoms with Crippen LogP contribution in [0.2, 0.25) is 0 Å². The first-order valence-electron chi connectivity index (χ1n) is 6.39. The monoisotopic (exact) mass is 263 g/mol. The molecule has 1 atom stereocenters. The average molecular weight is 263 g/mol. The quantitative estimate of drug-likeness (QED) is 0.853. The van der Waals surface area contributed by atoms with E-state index in [1.807, 2.05) is 16.8 Å². The van der Waals surface area contributed by atoms with Gasteiger partial charge in [0, 0.05) is 17.5 Å². The maximum Gasteiger partial charge on any atom is 0.241 e. The molecule has 2 aromatic heterocycles. The lowest BCUT2D eigenvalue weighted by molar-refractivity contribution is 0.157. The van der Waals surface area contributed by atoms with Gasteiger partial charge in [-0.3, -0.25) is 4.90 Å². The van der Waals surface area contributed by atoms with Gasteiger partial charge in [0.05, 0.1) is 6.54 Å². The van der Waals surface area contributed by atoms with E-state index < -0.39 is 0 Å². The zero-order valence-electron chi connectivity index (χ0n) is 10.5. The van der Waals surface area contributed by atoms with Crippen LogP contribution in [0.3, 0.4) is 0 Å². The number of aromatic nitrogens is 2. The number of thiophene rings is 1. The highest BCUT2D eigenvalue weighted by molar-refractivity contribution is 7.08. The van der Waals surface area contributed by atoms with Crippen LogP contribution in [-0.4, -0.2) is 28.1 Å². The average Bonchev–Trinajstić information content (AvgIpc) is 2.98. The molecule has 1 saturated heterocycles. The van der Waals surface area contributed by atoms with Crippen LogP contribution in [0.5, 0.6) is 0 Å². The fourth-order valence-corrected chi connectivity index (χ4v) is 3.08. The smallest absolute Gasteiger partial charge is 0.241 e. The molecule has 0 saturated carbocycles. The molecule has 96 valence electrons. The standard InChI is InChI=1S/C13H17N3OS/c1-10-3-2-5-16(7-10)8-12-14-13(15-17-12)11-4-6-18-9-11/h4,6,9-10H,2-3,5,7-8H2,1H3. The van der Waals surface area contributed by atoms with Crippen molar-refractivity contribution in [1.29, 1.82) is 0 Å². The van der Waals surface area contributed by atoms with E-state index in [0.717, 1.165) is 37.0 Å². The Balaban J connectivity index is 1.66. The van der Waals surface area contributed by atoms with Crippen molar-refractivity contribution in [2.75, 3.05) is 13.1 Å². The Bertz CT molecular complexity index is 494. The molecule has 1 unspecified atom stereocenters. The third-order valence-electron chi connectivity index (χ3n) is 3.35.